The lowest BCUT2D eigenvalue weighted by Crippen LogP contribution is -2.23. The van der Waals surface area contributed by atoms with Crippen molar-refractivity contribution in [3.8, 4) is 5.69 Å². The Hall–Kier alpha value is -3.39. The van der Waals surface area contributed by atoms with E-state index in [2.05, 4.69) is 69.6 Å². The fourth-order valence-electron chi connectivity index (χ4n) is 3.45. The summed E-state index contributed by atoms with van der Waals surface area (Å²) in [5.74, 6) is 1.41. The Kier molecular flexibility index (Phi) is 5.90. The van der Waals surface area contributed by atoms with Gasteiger partial charge in [-0.15, -0.1) is 10.2 Å². The van der Waals surface area contributed by atoms with Crippen LogP contribution < -0.4 is 11.2 Å². The van der Waals surface area contributed by atoms with Gasteiger partial charge in [-0.05, 0) is 43.5 Å². The van der Waals surface area contributed by atoms with Crippen molar-refractivity contribution in [1.29, 1.82) is 0 Å². The molecule has 31 heavy (non-hydrogen) atoms. The summed E-state index contributed by atoms with van der Waals surface area (Å²) in [5.41, 5.74) is 5.14. The van der Waals surface area contributed by atoms with Crippen molar-refractivity contribution in [1.82, 2.24) is 24.7 Å². The second-order valence-electron chi connectivity index (χ2n) is 7.59. The van der Waals surface area contributed by atoms with Crippen molar-refractivity contribution in [2.75, 3.05) is 0 Å². The fraction of sp³-hybridized carbons (Fsp3) is 0.217. The third-order valence-corrected chi connectivity index (χ3v) is 5.92. The highest BCUT2D eigenvalue weighted by atomic mass is 32.2. The molecule has 4 rings (SSSR count). The van der Waals surface area contributed by atoms with E-state index in [-0.39, 0.29) is 6.42 Å². The van der Waals surface area contributed by atoms with E-state index in [9.17, 15) is 9.59 Å². The number of nitrogens with zero attached hydrogens (tertiary/aromatic N) is 3. The van der Waals surface area contributed by atoms with Crippen molar-refractivity contribution >= 4 is 11.8 Å². The van der Waals surface area contributed by atoms with E-state index >= 15 is 0 Å². The molecule has 0 aliphatic rings. The number of nitrogens with one attached hydrogen (secondary N) is 2. The molecule has 2 N–H and O–H groups in total. The van der Waals surface area contributed by atoms with Crippen molar-refractivity contribution in [3.05, 3.63) is 103 Å². The van der Waals surface area contributed by atoms with Crippen LogP contribution in [0.25, 0.3) is 5.69 Å². The van der Waals surface area contributed by atoms with Crippen LogP contribution in [0.1, 0.15) is 33.8 Å². The Morgan fingerprint density at radius 2 is 1.74 bits per heavy atom. The number of aromatic amines is 2. The second kappa shape index (κ2) is 8.77. The zero-order valence-electron chi connectivity index (χ0n) is 17.6. The normalized spacial score (nSPS) is 11.1. The summed E-state index contributed by atoms with van der Waals surface area (Å²) >= 11 is 1.61. The molecule has 2 aromatic heterocycles. The van der Waals surface area contributed by atoms with E-state index in [1.54, 1.807) is 11.8 Å². The first-order valence-corrected chi connectivity index (χ1v) is 10.9. The van der Waals surface area contributed by atoms with Crippen molar-refractivity contribution in [3.63, 3.8) is 0 Å². The Labute approximate surface area is 183 Å². The van der Waals surface area contributed by atoms with Gasteiger partial charge in [-0.1, -0.05) is 53.7 Å². The number of thioether (sulfide) groups is 1. The summed E-state index contributed by atoms with van der Waals surface area (Å²) < 4.78 is 2.02. The van der Waals surface area contributed by atoms with Gasteiger partial charge in [0.05, 0.1) is 5.69 Å². The highest BCUT2D eigenvalue weighted by Gasteiger charge is 2.17. The molecule has 7 nitrogen and oxygen atoms in total. The van der Waals surface area contributed by atoms with Gasteiger partial charge in [0.15, 0.2) is 5.16 Å². The molecule has 158 valence electrons. The average Bonchev–Trinajstić information content (AvgIpc) is 3.09. The second-order valence-corrected chi connectivity index (χ2v) is 8.53. The molecule has 0 saturated heterocycles. The van der Waals surface area contributed by atoms with Crippen LogP contribution in [0.4, 0.5) is 0 Å². The topological polar surface area (TPSA) is 96.4 Å². The quantitative estimate of drug-likeness (QED) is 0.454. The number of hydrogen-bond acceptors (Lipinski definition) is 5. The Bertz CT molecular complexity index is 1320. The van der Waals surface area contributed by atoms with E-state index < -0.39 is 11.2 Å². The van der Waals surface area contributed by atoms with Crippen LogP contribution in [-0.4, -0.2) is 24.7 Å². The lowest BCUT2D eigenvalue weighted by molar-refractivity contribution is 0.823. The predicted octanol–water partition coefficient (Wildman–Crippen LogP) is 3.45. The smallest absolute Gasteiger partial charge is 0.311 e. The molecule has 0 bridgehead atoms. The van der Waals surface area contributed by atoms with Gasteiger partial charge in [0.1, 0.15) is 5.82 Å². The SMILES string of the molecule is Cc1cccc(CSc2nnc(Cc3cc(=O)[nH]c(=O)[nH]3)n2-c2cc(C)ccc2C)c1. The summed E-state index contributed by atoms with van der Waals surface area (Å²) in [6, 6.07) is 16.0. The van der Waals surface area contributed by atoms with Gasteiger partial charge in [0.2, 0.25) is 0 Å². The van der Waals surface area contributed by atoms with E-state index in [0.717, 1.165) is 27.7 Å². The number of rotatable bonds is 6. The fourth-order valence-corrected chi connectivity index (χ4v) is 4.35. The Morgan fingerprint density at radius 1 is 0.935 bits per heavy atom. The van der Waals surface area contributed by atoms with Crippen molar-refractivity contribution in [2.45, 2.75) is 38.1 Å². The summed E-state index contributed by atoms with van der Waals surface area (Å²) in [6.45, 7) is 6.16. The van der Waals surface area contributed by atoms with E-state index in [1.807, 2.05) is 18.4 Å². The van der Waals surface area contributed by atoms with E-state index in [0.29, 0.717) is 11.5 Å². The van der Waals surface area contributed by atoms with Crippen LogP contribution in [-0.2, 0) is 12.2 Å². The number of aromatic nitrogens is 5. The van der Waals surface area contributed by atoms with Crippen LogP contribution in [0, 0.1) is 20.8 Å². The molecule has 8 heteroatoms. The third kappa shape index (κ3) is 4.86. The van der Waals surface area contributed by atoms with E-state index in [1.165, 1.54) is 17.2 Å². The first kappa shape index (κ1) is 20.9. The molecule has 0 aliphatic carbocycles. The van der Waals surface area contributed by atoms with Gasteiger partial charge in [0.25, 0.3) is 5.56 Å². The van der Waals surface area contributed by atoms with Crippen molar-refractivity contribution < 1.29 is 0 Å². The van der Waals surface area contributed by atoms with Crippen LogP contribution in [0.5, 0.6) is 0 Å². The minimum Gasteiger partial charge on any atom is -0.311 e. The monoisotopic (exact) mass is 433 g/mol. The zero-order valence-corrected chi connectivity index (χ0v) is 18.4. The molecule has 0 amide bonds. The molecule has 0 unspecified atom stereocenters. The van der Waals surface area contributed by atoms with Gasteiger partial charge in [-0.2, -0.15) is 0 Å². The first-order valence-electron chi connectivity index (χ1n) is 9.92. The number of aryl methyl sites for hydroxylation is 3. The highest BCUT2D eigenvalue weighted by molar-refractivity contribution is 7.98. The van der Waals surface area contributed by atoms with Gasteiger partial charge in [-0.3, -0.25) is 14.3 Å². The first-order chi connectivity index (χ1) is 14.9. The molecule has 0 aliphatic heterocycles. The minimum atomic E-state index is -0.533. The highest BCUT2D eigenvalue weighted by Crippen LogP contribution is 2.28. The number of benzene rings is 2. The molecule has 0 atom stereocenters. The largest absolute Gasteiger partial charge is 0.325 e. The molecule has 0 saturated carbocycles. The summed E-state index contributed by atoms with van der Waals surface area (Å²) in [7, 11) is 0. The molecule has 2 heterocycles. The van der Waals surface area contributed by atoms with Crippen LogP contribution in [0.3, 0.4) is 0 Å². The maximum Gasteiger partial charge on any atom is 0.325 e. The molecule has 0 fully saturated rings. The summed E-state index contributed by atoms with van der Waals surface area (Å²) in [5, 5.41) is 9.61. The van der Waals surface area contributed by atoms with Crippen LogP contribution in [0.2, 0.25) is 0 Å². The minimum absolute atomic E-state index is 0.282. The lowest BCUT2D eigenvalue weighted by Gasteiger charge is -2.14. The molecular weight excluding hydrogens is 410 g/mol. The Morgan fingerprint density at radius 3 is 2.52 bits per heavy atom. The Balaban J connectivity index is 1.75. The molecular formula is C23H23N5O2S. The van der Waals surface area contributed by atoms with Gasteiger partial charge < -0.3 is 4.98 Å². The number of H-pyrrole nitrogens is 2. The molecule has 2 aromatic carbocycles. The third-order valence-electron chi connectivity index (χ3n) is 4.92. The predicted molar refractivity (Wildman–Crippen MR) is 122 cm³/mol. The van der Waals surface area contributed by atoms with Crippen molar-refractivity contribution in [2.24, 2.45) is 0 Å². The molecule has 0 spiro atoms. The zero-order chi connectivity index (χ0) is 22.0. The van der Waals surface area contributed by atoms with Crippen LogP contribution >= 0.6 is 11.8 Å². The lowest BCUT2D eigenvalue weighted by atomic mass is 10.1. The molecule has 0 radical (unpaired) electrons. The van der Waals surface area contributed by atoms with Gasteiger partial charge in [-0.25, -0.2) is 4.79 Å². The average molecular weight is 434 g/mol. The maximum absolute atomic E-state index is 11.7. The van der Waals surface area contributed by atoms with Gasteiger partial charge in [0, 0.05) is 23.9 Å². The number of hydrogen-bond donors (Lipinski definition) is 2. The summed E-state index contributed by atoms with van der Waals surface area (Å²) in [6.07, 6.45) is 0.282. The maximum atomic E-state index is 11.7. The standard InChI is InChI=1S/C23H23N5O2S/c1-14-5-4-6-17(9-14)13-31-23-27-26-20(11-18-12-21(29)25-22(30)24-18)28(23)19-10-15(2)7-8-16(19)3/h4-10,12H,11,13H2,1-3H3,(H2,24,25,29,30). The van der Waals surface area contributed by atoms with Crippen LogP contribution in [0.15, 0.2) is 63.3 Å². The summed E-state index contributed by atoms with van der Waals surface area (Å²) in [4.78, 5) is 28.3. The van der Waals surface area contributed by atoms with Gasteiger partial charge >= 0.3 is 5.69 Å². The van der Waals surface area contributed by atoms with E-state index in [4.69, 9.17) is 0 Å². The molecule has 4 aromatic rings.